The van der Waals surface area contributed by atoms with Gasteiger partial charge in [-0.25, -0.2) is 4.98 Å². The Morgan fingerprint density at radius 2 is 2.10 bits per heavy atom. The maximum absolute atomic E-state index is 10.7. The molecule has 2 aromatic rings. The van der Waals surface area contributed by atoms with E-state index >= 15 is 0 Å². The maximum Gasteiger partial charge on any atom is 0.270 e. The molecule has 0 radical (unpaired) electrons. The Balaban J connectivity index is 2.16. The van der Waals surface area contributed by atoms with Gasteiger partial charge in [-0.3, -0.25) is 10.1 Å². The molecule has 21 heavy (non-hydrogen) atoms. The van der Waals surface area contributed by atoms with Gasteiger partial charge in [0, 0.05) is 30.7 Å². The lowest BCUT2D eigenvalue weighted by Gasteiger charge is -2.25. The number of rotatable bonds is 6. The molecule has 0 atom stereocenters. The van der Waals surface area contributed by atoms with Crippen molar-refractivity contribution in [2.24, 2.45) is 0 Å². The van der Waals surface area contributed by atoms with Crippen LogP contribution < -0.4 is 5.32 Å². The lowest BCUT2D eigenvalue weighted by Crippen LogP contribution is -2.33. The second-order valence-corrected chi connectivity index (χ2v) is 5.38. The summed E-state index contributed by atoms with van der Waals surface area (Å²) in [5.41, 5.74) is 0.517. The first-order valence-corrected chi connectivity index (χ1v) is 6.84. The molecule has 1 aromatic carbocycles. The zero-order valence-electron chi connectivity index (χ0n) is 12.4. The van der Waals surface area contributed by atoms with Gasteiger partial charge in [-0.15, -0.1) is 0 Å². The smallest absolute Gasteiger partial charge is 0.270 e. The van der Waals surface area contributed by atoms with E-state index in [1.165, 1.54) is 12.1 Å². The summed E-state index contributed by atoms with van der Waals surface area (Å²) in [7, 11) is 0. The number of nitrogens with one attached hydrogen (secondary N) is 1. The van der Waals surface area contributed by atoms with Crippen LogP contribution in [0.5, 0.6) is 0 Å². The van der Waals surface area contributed by atoms with Crippen molar-refractivity contribution in [3.8, 4) is 0 Å². The van der Waals surface area contributed by atoms with Gasteiger partial charge in [-0.1, -0.05) is 0 Å². The fourth-order valence-corrected chi connectivity index (χ4v) is 2.07. The van der Waals surface area contributed by atoms with Crippen LogP contribution in [-0.4, -0.2) is 28.7 Å². The van der Waals surface area contributed by atoms with E-state index in [1.54, 1.807) is 6.07 Å². The van der Waals surface area contributed by atoms with Gasteiger partial charge in [0.15, 0.2) is 0 Å². The number of non-ortho nitro benzene ring substituents is 1. The van der Waals surface area contributed by atoms with Gasteiger partial charge in [-0.05, 0) is 39.0 Å². The Labute approximate surface area is 123 Å². The fourth-order valence-electron chi connectivity index (χ4n) is 2.07. The van der Waals surface area contributed by atoms with Crippen LogP contribution in [0.15, 0.2) is 30.3 Å². The van der Waals surface area contributed by atoms with Gasteiger partial charge in [0.25, 0.3) is 5.69 Å². The van der Waals surface area contributed by atoms with E-state index in [1.807, 2.05) is 32.9 Å². The number of aromatic nitrogens is 1. The van der Waals surface area contributed by atoms with E-state index in [0.29, 0.717) is 13.2 Å². The van der Waals surface area contributed by atoms with Crippen LogP contribution >= 0.6 is 0 Å². The van der Waals surface area contributed by atoms with Crippen molar-refractivity contribution in [2.45, 2.75) is 26.4 Å². The molecule has 0 aliphatic heterocycles. The molecule has 2 rings (SSSR count). The Hall–Kier alpha value is -2.21. The lowest BCUT2D eigenvalue weighted by molar-refractivity contribution is -0.384. The van der Waals surface area contributed by atoms with Crippen molar-refractivity contribution < 1.29 is 9.66 Å². The lowest BCUT2D eigenvalue weighted by atomic mass is 10.1. The molecule has 112 valence electrons. The number of nitro benzene ring substituents is 1. The highest BCUT2D eigenvalue weighted by atomic mass is 16.6. The first kappa shape index (κ1) is 15.2. The van der Waals surface area contributed by atoms with Crippen molar-refractivity contribution in [2.75, 3.05) is 18.5 Å². The molecule has 0 fully saturated rings. The third-order valence-corrected chi connectivity index (χ3v) is 3.11. The average molecular weight is 289 g/mol. The van der Waals surface area contributed by atoms with Gasteiger partial charge in [0.2, 0.25) is 0 Å². The van der Waals surface area contributed by atoms with E-state index in [9.17, 15) is 10.1 Å². The van der Waals surface area contributed by atoms with Gasteiger partial charge in [0.05, 0.1) is 16.0 Å². The van der Waals surface area contributed by atoms with E-state index < -0.39 is 4.92 Å². The molecule has 0 aliphatic rings. The number of hydrogen-bond donors (Lipinski definition) is 1. The first-order valence-electron chi connectivity index (χ1n) is 6.84. The largest absolute Gasteiger partial charge is 0.374 e. The van der Waals surface area contributed by atoms with Crippen molar-refractivity contribution in [1.82, 2.24) is 4.98 Å². The van der Waals surface area contributed by atoms with Crippen molar-refractivity contribution >= 4 is 22.4 Å². The number of nitro groups is 1. The number of hydrogen-bond acceptors (Lipinski definition) is 5. The molecule has 0 bridgehead atoms. The van der Waals surface area contributed by atoms with Crippen LogP contribution in [0.3, 0.4) is 0 Å². The molecule has 0 unspecified atom stereocenters. The summed E-state index contributed by atoms with van der Waals surface area (Å²) in [6, 6.07) is 8.28. The fraction of sp³-hybridized carbons (Fsp3) is 0.400. The predicted octanol–water partition coefficient (Wildman–Crippen LogP) is 3.37. The molecule has 0 amide bonds. The van der Waals surface area contributed by atoms with Gasteiger partial charge < -0.3 is 10.1 Å². The maximum atomic E-state index is 10.7. The summed E-state index contributed by atoms with van der Waals surface area (Å²) in [4.78, 5) is 14.8. The highest BCUT2D eigenvalue weighted by molar-refractivity contribution is 5.82. The highest BCUT2D eigenvalue weighted by Crippen LogP contribution is 2.21. The van der Waals surface area contributed by atoms with Crippen LogP contribution in [0.1, 0.15) is 20.8 Å². The molecule has 0 aliphatic carbocycles. The first-order chi connectivity index (χ1) is 9.91. The summed E-state index contributed by atoms with van der Waals surface area (Å²) in [6.45, 7) is 7.26. The standard InChI is InChI=1S/C15H19N3O3/c1-4-21-15(2,3)10-16-14-8-5-11-9-12(18(19)20)6-7-13(11)17-14/h5-9H,4,10H2,1-3H3,(H,16,17). The van der Waals surface area contributed by atoms with E-state index in [2.05, 4.69) is 10.3 Å². The van der Waals surface area contributed by atoms with Crippen LogP contribution in [0.4, 0.5) is 11.5 Å². The third kappa shape index (κ3) is 3.88. The van der Waals surface area contributed by atoms with Crippen LogP contribution in [0.2, 0.25) is 0 Å². The Morgan fingerprint density at radius 1 is 1.33 bits per heavy atom. The van der Waals surface area contributed by atoms with Crippen LogP contribution in [-0.2, 0) is 4.74 Å². The van der Waals surface area contributed by atoms with Gasteiger partial charge in [0.1, 0.15) is 5.82 Å². The third-order valence-electron chi connectivity index (χ3n) is 3.11. The summed E-state index contributed by atoms with van der Waals surface area (Å²) in [5.74, 6) is 0.726. The second kappa shape index (κ2) is 6.05. The number of benzene rings is 1. The molecule has 1 heterocycles. The van der Waals surface area contributed by atoms with Crippen molar-refractivity contribution in [1.29, 1.82) is 0 Å². The summed E-state index contributed by atoms with van der Waals surface area (Å²) in [6.07, 6.45) is 0. The number of anilines is 1. The second-order valence-electron chi connectivity index (χ2n) is 5.38. The molecule has 0 saturated carbocycles. The minimum Gasteiger partial charge on any atom is -0.374 e. The van der Waals surface area contributed by atoms with Gasteiger partial charge >= 0.3 is 0 Å². The Morgan fingerprint density at radius 3 is 2.76 bits per heavy atom. The van der Waals surface area contributed by atoms with E-state index in [-0.39, 0.29) is 11.3 Å². The topological polar surface area (TPSA) is 77.3 Å². The number of ether oxygens (including phenoxy) is 1. The minimum absolute atomic E-state index is 0.0717. The van der Waals surface area contributed by atoms with Crippen LogP contribution in [0, 0.1) is 10.1 Å². The quantitative estimate of drug-likeness (QED) is 0.651. The van der Waals surface area contributed by atoms with E-state index in [0.717, 1.165) is 16.7 Å². The Bertz CT molecular complexity index is 656. The van der Waals surface area contributed by atoms with Crippen LogP contribution in [0.25, 0.3) is 10.9 Å². The summed E-state index contributed by atoms with van der Waals surface area (Å²) < 4.78 is 5.62. The zero-order chi connectivity index (χ0) is 15.5. The molecular weight excluding hydrogens is 270 g/mol. The Kier molecular flexibility index (Phi) is 4.37. The minimum atomic E-state index is -0.407. The zero-order valence-corrected chi connectivity index (χ0v) is 12.4. The number of nitrogens with zero attached hydrogens (tertiary/aromatic N) is 2. The number of pyridine rings is 1. The molecular formula is C15H19N3O3. The normalized spacial score (nSPS) is 11.6. The predicted molar refractivity (Wildman–Crippen MR) is 82.6 cm³/mol. The molecule has 1 aromatic heterocycles. The molecule has 6 nitrogen and oxygen atoms in total. The number of fused-ring (bicyclic) bond motifs is 1. The molecule has 1 N–H and O–H groups in total. The average Bonchev–Trinajstić information content (AvgIpc) is 2.44. The summed E-state index contributed by atoms with van der Waals surface area (Å²) >= 11 is 0. The molecule has 0 saturated heterocycles. The van der Waals surface area contributed by atoms with E-state index in [4.69, 9.17) is 4.74 Å². The van der Waals surface area contributed by atoms with Crippen molar-refractivity contribution in [3.05, 3.63) is 40.4 Å². The SMILES string of the molecule is CCOC(C)(C)CNc1ccc2cc([N+](=O)[O-])ccc2n1. The molecule has 6 heteroatoms. The highest BCUT2D eigenvalue weighted by Gasteiger charge is 2.17. The molecule has 0 spiro atoms. The van der Waals surface area contributed by atoms with Crippen molar-refractivity contribution in [3.63, 3.8) is 0 Å². The van der Waals surface area contributed by atoms with Gasteiger partial charge in [-0.2, -0.15) is 0 Å². The summed E-state index contributed by atoms with van der Waals surface area (Å²) in [5, 5.41) is 14.7. The monoisotopic (exact) mass is 289 g/mol.